The van der Waals surface area contributed by atoms with Gasteiger partial charge in [0.15, 0.2) is 0 Å². The molecule has 0 aliphatic carbocycles. The van der Waals surface area contributed by atoms with Crippen molar-refractivity contribution in [1.82, 2.24) is 9.97 Å². The Morgan fingerprint density at radius 2 is 1.74 bits per heavy atom. The first-order chi connectivity index (χ1) is 11.0. The number of rotatable bonds is 7. The highest BCUT2D eigenvalue weighted by Gasteiger charge is 2.12. The van der Waals surface area contributed by atoms with Crippen LogP contribution in [0.4, 0.5) is 17.3 Å². The van der Waals surface area contributed by atoms with E-state index in [-0.39, 0.29) is 5.41 Å². The first-order valence-corrected chi connectivity index (χ1v) is 7.91. The van der Waals surface area contributed by atoms with Gasteiger partial charge in [0.2, 0.25) is 0 Å². The molecule has 0 bridgehead atoms. The number of anilines is 3. The Bertz CT molecular complexity index is 605. The van der Waals surface area contributed by atoms with Gasteiger partial charge in [0.1, 0.15) is 18.0 Å². The molecule has 0 atom stereocenters. The van der Waals surface area contributed by atoms with E-state index in [1.807, 2.05) is 6.07 Å². The van der Waals surface area contributed by atoms with Crippen molar-refractivity contribution in [3.05, 3.63) is 42.2 Å². The number of methoxy groups -OCH3 is 1. The van der Waals surface area contributed by atoms with Gasteiger partial charge in [0.05, 0.1) is 0 Å². The second-order valence-corrected chi connectivity index (χ2v) is 6.51. The maximum Gasteiger partial charge on any atom is 0.135 e. The van der Waals surface area contributed by atoms with Gasteiger partial charge in [-0.2, -0.15) is 0 Å². The molecular formula is C18H26N4O. The van der Waals surface area contributed by atoms with Crippen LogP contribution in [0.5, 0.6) is 0 Å². The summed E-state index contributed by atoms with van der Waals surface area (Å²) in [6, 6.07) is 10.4. The zero-order chi connectivity index (χ0) is 16.7. The van der Waals surface area contributed by atoms with Gasteiger partial charge in [0.25, 0.3) is 0 Å². The predicted octanol–water partition coefficient (Wildman–Crippen LogP) is 3.97. The molecule has 0 spiro atoms. The molecule has 0 amide bonds. The Labute approximate surface area is 138 Å². The van der Waals surface area contributed by atoms with E-state index < -0.39 is 0 Å². The molecule has 1 heterocycles. The van der Waals surface area contributed by atoms with E-state index in [4.69, 9.17) is 4.74 Å². The first kappa shape index (κ1) is 17.2. The van der Waals surface area contributed by atoms with Gasteiger partial charge < -0.3 is 15.4 Å². The fourth-order valence-electron chi connectivity index (χ4n) is 2.16. The van der Waals surface area contributed by atoms with Crippen molar-refractivity contribution < 1.29 is 4.74 Å². The smallest absolute Gasteiger partial charge is 0.135 e. The lowest BCUT2D eigenvalue weighted by Gasteiger charge is -2.19. The van der Waals surface area contributed by atoms with E-state index in [1.165, 1.54) is 5.56 Å². The maximum absolute atomic E-state index is 5.03. The van der Waals surface area contributed by atoms with E-state index in [1.54, 1.807) is 13.4 Å². The van der Waals surface area contributed by atoms with Crippen LogP contribution >= 0.6 is 0 Å². The fraction of sp³-hybridized carbons (Fsp3) is 0.444. The highest BCUT2D eigenvalue weighted by Crippen LogP contribution is 2.24. The van der Waals surface area contributed by atoms with Crippen LogP contribution in [0.25, 0.3) is 0 Å². The molecule has 1 aromatic carbocycles. The van der Waals surface area contributed by atoms with Crippen LogP contribution in [0.1, 0.15) is 32.8 Å². The second kappa shape index (κ2) is 7.92. The standard InChI is InChI=1S/C18H26N4O/c1-18(2,3)14-6-8-15(9-7-14)22-17-12-16(20-13-21-17)19-10-5-11-23-4/h6-9,12-13H,5,10-11H2,1-4H3,(H2,19,20,21,22). The quantitative estimate of drug-likeness (QED) is 0.757. The first-order valence-electron chi connectivity index (χ1n) is 7.91. The van der Waals surface area contributed by atoms with E-state index in [0.29, 0.717) is 0 Å². The van der Waals surface area contributed by atoms with Gasteiger partial charge in [-0.05, 0) is 29.5 Å². The molecule has 0 fully saturated rings. The van der Waals surface area contributed by atoms with E-state index in [2.05, 4.69) is 65.6 Å². The molecule has 2 N–H and O–H groups in total. The Balaban J connectivity index is 1.97. The van der Waals surface area contributed by atoms with Crippen molar-refractivity contribution in [2.24, 2.45) is 0 Å². The average Bonchev–Trinajstić information content (AvgIpc) is 2.52. The highest BCUT2D eigenvalue weighted by molar-refractivity contribution is 5.59. The summed E-state index contributed by atoms with van der Waals surface area (Å²) < 4.78 is 5.03. The maximum atomic E-state index is 5.03. The summed E-state index contributed by atoms with van der Waals surface area (Å²) in [5, 5.41) is 6.57. The Kier molecular flexibility index (Phi) is 5.93. The zero-order valence-corrected chi connectivity index (χ0v) is 14.4. The van der Waals surface area contributed by atoms with Crippen molar-refractivity contribution in [1.29, 1.82) is 0 Å². The third-order valence-corrected chi connectivity index (χ3v) is 3.52. The number of benzene rings is 1. The van der Waals surface area contributed by atoms with Gasteiger partial charge in [-0.15, -0.1) is 0 Å². The summed E-state index contributed by atoms with van der Waals surface area (Å²) in [5.41, 5.74) is 2.49. The van der Waals surface area contributed by atoms with Crippen molar-refractivity contribution in [2.75, 3.05) is 30.9 Å². The predicted molar refractivity (Wildman–Crippen MR) is 95.4 cm³/mol. The Morgan fingerprint density at radius 1 is 1.04 bits per heavy atom. The minimum Gasteiger partial charge on any atom is -0.385 e. The normalized spacial score (nSPS) is 11.3. The summed E-state index contributed by atoms with van der Waals surface area (Å²) in [4.78, 5) is 8.49. The number of nitrogens with zero attached hydrogens (tertiary/aromatic N) is 2. The van der Waals surface area contributed by atoms with Crippen LogP contribution in [0.15, 0.2) is 36.7 Å². The molecule has 124 valence electrons. The van der Waals surface area contributed by atoms with Crippen LogP contribution in [0.2, 0.25) is 0 Å². The SMILES string of the molecule is COCCCNc1cc(Nc2ccc(C(C)(C)C)cc2)ncn1. The number of hydrogen-bond donors (Lipinski definition) is 2. The van der Waals surface area contributed by atoms with Gasteiger partial charge in [0, 0.05) is 32.0 Å². The molecule has 0 unspecified atom stereocenters. The van der Waals surface area contributed by atoms with Gasteiger partial charge in [-0.1, -0.05) is 32.9 Å². The molecule has 23 heavy (non-hydrogen) atoms. The van der Waals surface area contributed by atoms with Crippen molar-refractivity contribution in [3.8, 4) is 0 Å². The van der Waals surface area contributed by atoms with E-state index >= 15 is 0 Å². The van der Waals surface area contributed by atoms with Crippen molar-refractivity contribution in [3.63, 3.8) is 0 Å². The number of ether oxygens (including phenoxy) is 1. The summed E-state index contributed by atoms with van der Waals surface area (Å²) in [6.45, 7) is 8.19. The summed E-state index contributed by atoms with van der Waals surface area (Å²) in [5.74, 6) is 1.59. The number of aromatic nitrogens is 2. The largest absolute Gasteiger partial charge is 0.385 e. The minimum absolute atomic E-state index is 0.159. The van der Waals surface area contributed by atoms with Gasteiger partial charge >= 0.3 is 0 Å². The summed E-state index contributed by atoms with van der Waals surface area (Å²) in [7, 11) is 1.71. The number of nitrogens with one attached hydrogen (secondary N) is 2. The lowest BCUT2D eigenvalue weighted by Crippen LogP contribution is -2.10. The van der Waals surface area contributed by atoms with Crippen LogP contribution < -0.4 is 10.6 Å². The van der Waals surface area contributed by atoms with E-state index in [9.17, 15) is 0 Å². The molecule has 0 saturated carbocycles. The Hall–Kier alpha value is -2.14. The molecule has 0 radical (unpaired) electrons. The lowest BCUT2D eigenvalue weighted by molar-refractivity contribution is 0.198. The van der Waals surface area contributed by atoms with Gasteiger partial charge in [-0.25, -0.2) is 9.97 Å². The molecule has 0 saturated heterocycles. The van der Waals surface area contributed by atoms with Crippen LogP contribution in [0.3, 0.4) is 0 Å². The van der Waals surface area contributed by atoms with Gasteiger partial charge in [-0.3, -0.25) is 0 Å². The monoisotopic (exact) mass is 314 g/mol. The molecule has 2 aromatic rings. The Morgan fingerprint density at radius 3 is 2.39 bits per heavy atom. The molecule has 5 heteroatoms. The molecule has 0 aliphatic heterocycles. The van der Waals surface area contributed by atoms with Crippen molar-refractivity contribution >= 4 is 17.3 Å². The van der Waals surface area contributed by atoms with E-state index in [0.717, 1.165) is 36.9 Å². The zero-order valence-electron chi connectivity index (χ0n) is 14.4. The summed E-state index contributed by atoms with van der Waals surface area (Å²) >= 11 is 0. The van der Waals surface area contributed by atoms with Crippen LogP contribution in [0, 0.1) is 0 Å². The van der Waals surface area contributed by atoms with Crippen molar-refractivity contribution in [2.45, 2.75) is 32.6 Å². The van der Waals surface area contributed by atoms with Crippen LogP contribution in [-0.4, -0.2) is 30.2 Å². The fourth-order valence-corrected chi connectivity index (χ4v) is 2.16. The number of hydrogen-bond acceptors (Lipinski definition) is 5. The lowest BCUT2D eigenvalue weighted by atomic mass is 9.87. The highest BCUT2D eigenvalue weighted by atomic mass is 16.5. The third-order valence-electron chi connectivity index (χ3n) is 3.52. The minimum atomic E-state index is 0.159. The topological polar surface area (TPSA) is 59.1 Å². The molecular weight excluding hydrogens is 288 g/mol. The average molecular weight is 314 g/mol. The van der Waals surface area contributed by atoms with Crippen LogP contribution in [-0.2, 0) is 10.2 Å². The molecule has 2 rings (SSSR count). The molecule has 5 nitrogen and oxygen atoms in total. The summed E-state index contributed by atoms with van der Waals surface area (Å²) in [6.07, 6.45) is 2.50. The molecule has 0 aliphatic rings. The third kappa shape index (κ3) is 5.53. The molecule has 1 aromatic heterocycles. The second-order valence-electron chi connectivity index (χ2n) is 6.51.